The highest BCUT2D eigenvalue weighted by molar-refractivity contribution is 5.48. The molecule has 0 N–H and O–H groups in total. The first-order chi connectivity index (χ1) is 14.0. The number of piperazine rings is 1. The fraction of sp³-hybridized carbons (Fsp3) is 0.478. The summed E-state index contributed by atoms with van der Waals surface area (Å²) in [5.74, 6) is 1.05. The number of anilines is 1. The zero-order valence-corrected chi connectivity index (χ0v) is 16.5. The third-order valence-electron chi connectivity index (χ3n) is 5.91. The third kappa shape index (κ3) is 4.86. The fourth-order valence-electron chi connectivity index (χ4n) is 4.28. The van der Waals surface area contributed by atoms with E-state index in [1.165, 1.54) is 29.7 Å². The molecular formula is C23H27F3N2O. The Labute approximate surface area is 170 Å². The minimum absolute atomic E-state index is 0.594. The van der Waals surface area contributed by atoms with Crippen LogP contribution in [-0.2, 0) is 19.0 Å². The topological polar surface area (TPSA) is 15.7 Å². The highest BCUT2D eigenvalue weighted by Gasteiger charge is 2.30. The molecule has 1 aliphatic carbocycles. The average Bonchev–Trinajstić information content (AvgIpc) is 3.21. The number of rotatable bonds is 6. The molecule has 4 rings (SSSR count). The van der Waals surface area contributed by atoms with E-state index < -0.39 is 11.7 Å². The maximum atomic E-state index is 12.7. The Hall–Kier alpha value is -2.21. The normalized spacial score (nSPS) is 17.4. The zero-order valence-electron chi connectivity index (χ0n) is 16.5. The van der Waals surface area contributed by atoms with Gasteiger partial charge in [0, 0.05) is 38.4 Å². The van der Waals surface area contributed by atoms with Gasteiger partial charge in [-0.3, -0.25) is 4.90 Å². The molecule has 1 saturated heterocycles. The lowest BCUT2D eigenvalue weighted by Crippen LogP contribution is -2.46. The molecule has 1 heterocycles. The summed E-state index contributed by atoms with van der Waals surface area (Å²) in [7, 11) is 0. The van der Waals surface area contributed by atoms with Crippen LogP contribution >= 0.6 is 0 Å². The number of halogens is 3. The number of alkyl halides is 3. The summed E-state index contributed by atoms with van der Waals surface area (Å²) in [6.07, 6.45) is 0.204. The second-order valence-electron chi connectivity index (χ2n) is 7.82. The minimum Gasteiger partial charge on any atom is -0.493 e. The van der Waals surface area contributed by atoms with E-state index in [9.17, 15) is 13.2 Å². The van der Waals surface area contributed by atoms with Crippen molar-refractivity contribution in [3.05, 3.63) is 59.2 Å². The lowest BCUT2D eigenvalue weighted by Gasteiger charge is -2.36. The van der Waals surface area contributed by atoms with Crippen LogP contribution in [0.2, 0.25) is 0 Å². The van der Waals surface area contributed by atoms with Crippen LogP contribution in [0.3, 0.4) is 0 Å². The molecule has 0 radical (unpaired) electrons. The van der Waals surface area contributed by atoms with E-state index in [0.29, 0.717) is 0 Å². The molecular weight excluding hydrogens is 377 g/mol. The molecule has 2 aromatic carbocycles. The van der Waals surface area contributed by atoms with Crippen LogP contribution in [0.25, 0.3) is 0 Å². The number of benzene rings is 2. The number of fused-ring (bicyclic) bond motifs is 1. The van der Waals surface area contributed by atoms with E-state index in [2.05, 4.69) is 28.0 Å². The monoisotopic (exact) mass is 404 g/mol. The van der Waals surface area contributed by atoms with Gasteiger partial charge in [0.2, 0.25) is 0 Å². The second kappa shape index (κ2) is 8.66. The molecule has 156 valence electrons. The number of nitrogens with zero attached hydrogens (tertiary/aromatic N) is 2. The molecule has 0 bridgehead atoms. The number of hydrogen-bond donors (Lipinski definition) is 0. The van der Waals surface area contributed by atoms with Gasteiger partial charge < -0.3 is 9.64 Å². The van der Waals surface area contributed by atoms with Gasteiger partial charge in [0.25, 0.3) is 0 Å². The van der Waals surface area contributed by atoms with E-state index in [1.807, 2.05) is 0 Å². The lowest BCUT2D eigenvalue weighted by atomic mass is 10.1. The molecule has 6 heteroatoms. The summed E-state index contributed by atoms with van der Waals surface area (Å²) in [5.41, 5.74) is 3.09. The van der Waals surface area contributed by atoms with Gasteiger partial charge >= 0.3 is 6.18 Å². The SMILES string of the molecule is FC(F)(F)c1ccc(N2CCN(CCCOc3cccc4c3CCC4)CC2)cc1. The smallest absolute Gasteiger partial charge is 0.416 e. The largest absolute Gasteiger partial charge is 0.493 e. The van der Waals surface area contributed by atoms with Crippen molar-refractivity contribution >= 4 is 5.69 Å². The lowest BCUT2D eigenvalue weighted by molar-refractivity contribution is -0.137. The first-order valence-corrected chi connectivity index (χ1v) is 10.4. The van der Waals surface area contributed by atoms with Crippen molar-refractivity contribution in [3.63, 3.8) is 0 Å². The Morgan fingerprint density at radius 3 is 2.38 bits per heavy atom. The number of aryl methyl sites for hydroxylation is 1. The van der Waals surface area contributed by atoms with Crippen molar-refractivity contribution in [1.82, 2.24) is 4.90 Å². The number of hydrogen-bond acceptors (Lipinski definition) is 3. The Bertz CT molecular complexity index is 812. The van der Waals surface area contributed by atoms with E-state index >= 15 is 0 Å². The second-order valence-corrected chi connectivity index (χ2v) is 7.82. The molecule has 29 heavy (non-hydrogen) atoms. The van der Waals surface area contributed by atoms with Gasteiger partial charge in [0.15, 0.2) is 0 Å². The third-order valence-corrected chi connectivity index (χ3v) is 5.91. The molecule has 0 aromatic heterocycles. The van der Waals surface area contributed by atoms with Gasteiger partial charge in [0.05, 0.1) is 12.2 Å². The van der Waals surface area contributed by atoms with Crippen LogP contribution in [0.4, 0.5) is 18.9 Å². The average molecular weight is 404 g/mol. The highest BCUT2D eigenvalue weighted by atomic mass is 19.4. The standard InChI is InChI=1S/C23H27F3N2O/c24-23(25,26)19-8-10-20(11-9-19)28-15-13-27(14-16-28)12-3-17-29-22-7-2-5-18-4-1-6-21(18)22/h2,5,7-11H,1,3-4,6,12-17H2. The van der Waals surface area contributed by atoms with E-state index in [4.69, 9.17) is 4.74 Å². The summed E-state index contributed by atoms with van der Waals surface area (Å²) in [6.45, 7) is 5.20. The van der Waals surface area contributed by atoms with Crippen LogP contribution in [-0.4, -0.2) is 44.2 Å². The van der Waals surface area contributed by atoms with Crippen LogP contribution in [0.15, 0.2) is 42.5 Å². The van der Waals surface area contributed by atoms with Crippen LogP contribution in [0.1, 0.15) is 29.5 Å². The Morgan fingerprint density at radius 2 is 1.66 bits per heavy atom. The fourth-order valence-corrected chi connectivity index (χ4v) is 4.28. The van der Waals surface area contributed by atoms with Crippen molar-refractivity contribution < 1.29 is 17.9 Å². The predicted octanol–water partition coefficient (Wildman–Crippen LogP) is 4.79. The minimum atomic E-state index is -4.28. The Balaban J connectivity index is 1.19. The predicted molar refractivity (Wildman–Crippen MR) is 109 cm³/mol. The Morgan fingerprint density at radius 1 is 0.897 bits per heavy atom. The molecule has 1 fully saturated rings. The van der Waals surface area contributed by atoms with Crippen molar-refractivity contribution in [3.8, 4) is 5.75 Å². The summed E-state index contributed by atoms with van der Waals surface area (Å²) in [6, 6.07) is 11.8. The molecule has 2 aliphatic rings. The maximum absolute atomic E-state index is 12.7. The molecule has 0 atom stereocenters. The van der Waals surface area contributed by atoms with Gasteiger partial charge in [-0.05, 0) is 67.1 Å². The van der Waals surface area contributed by atoms with Crippen LogP contribution in [0, 0.1) is 0 Å². The van der Waals surface area contributed by atoms with Crippen LogP contribution < -0.4 is 9.64 Å². The quantitative estimate of drug-likeness (QED) is 0.644. The summed E-state index contributed by atoms with van der Waals surface area (Å²) >= 11 is 0. The summed E-state index contributed by atoms with van der Waals surface area (Å²) in [4.78, 5) is 4.56. The van der Waals surface area contributed by atoms with Crippen LogP contribution in [0.5, 0.6) is 5.75 Å². The first-order valence-electron chi connectivity index (χ1n) is 10.4. The number of ether oxygens (including phenoxy) is 1. The molecule has 0 amide bonds. The summed E-state index contributed by atoms with van der Waals surface area (Å²) in [5, 5.41) is 0. The van der Waals surface area contributed by atoms with Crippen molar-refractivity contribution in [2.45, 2.75) is 31.9 Å². The molecule has 2 aromatic rings. The molecule has 1 aliphatic heterocycles. The molecule has 0 spiro atoms. The van der Waals surface area contributed by atoms with E-state index in [0.717, 1.165) is 70.0 Å². The van der Waals surface area contributed by atoms with E-state index in [-0.39, 0.29) is 0 Å². The highest BCUT2D eigenvalue weighted by Crippen LogP contribution is 2.31. The zero-order chi connectivity index (χ0) is 20.3. The first kappa shape index (κ1) is 20.1. The molecule has 0 unspecified atom stereocenters. The van der Waals surface area contributed by atoms with E-state index in [1.54, 1.807) is 12.1 Å². The van der Waals surface area contributed by atoms with Gasteiger partial charge in [0.1, 0.15) is 5.75 Å². The maximum Gasteiger partial charge on any atom is 0.416 e. The van der Waals surface area contributed by atoms with Gasteiger partial charge in [-0.2, -0.15) is 13.2 Å². The van der Waals surface area contributed by atoms with Gasteiger partial charge in [-0.15, -0.1) is 0 Å². The van der Waals surface area contributed by atoms with Gasteiger partial charge in [-0.25, -0.2) is 0 Å². The molecule has 3 nitrogen and oxygen atoms in total. The van der Waals surface area contributed by atoms with Crippen molar-refractivity contribution in [1.29, 1.82) is 0 Å². The van der Waals surface area contributed by atoms with Crippen molar-refractivity contribution in [2.24, 2.45) is 0 Å². The van der Waals surface area contributed by atoms with Crippen molar-refractivity contribution in [2.75, 3.05) is 44.2 Å². The Kier molecular flexibility index (Phi) is 5.99. The molecule has 0 saturated carbocycles. The van der Waals surface area contributed by atoms with Gasteiger partial charge in [-0.1, -0.05) is 12.1 Å². The summed E-state index contributed by atoms with van der Waals surface area (Å²) < 4.78 is 44.2.